The summed E-state index contributed by atoms with van der Waals surface area (Å²) < 4.78 is 38.0. The van der Waals surface area contributed by atoms with E-state index in [0.29, 0.717) is 45.4 Å². The Morgan fingerprint density at radius 2 is 1.71 bits per heavy atom. The molecule has 0 aliphatic carbocycles. The van der Waals surface area contributed by atoms with Crippen LogP contribution in [0, 0.1) is 11.2 Å². The molecule has 0 bridgehead atoms. The number of anilines is 1. The highest BCUT2D eigenvalue weighted by Gasteiger charge is 2.40. The number of fused-ring (bicyclic) bond motifs is 1. The minimum absolute atomic E-state index is 0.0482. The number of alkyl carbamates (subject to hydrolysis) is 1. The van der Waals surface area contributed by atoms with Crippen LogP contribution < -0.4 is 25.0 Å². The van der Waals surface area contributed by atoms with Gasteiger partial charge < -0.3 is 34.5 Å². The average molecular weight is 698 g/mol. The number of benzene rings is 3. The van der Waals surface area contributed by atoms with Crippen molar-refractivity contribution in [1.82, 2.24) is 10.6 Å². The van der Waals surface area contributed by atoms with Crippen LogP contribution in [0.5, 0.6) is 11.5 Å². The van der Waals surface area contributed by atoms with Gasteiger partial charge in [-0.1, -0.05) is 62.7 Å². The first kappa shape index (κ1) is 37.5. The molecule has 49 heavy (non-hydrogen) atoms. The number of rotatable bonds is 11. The summed E-state index contributed by atoms with van der Waals surface area (Å²) in [6.07, 6.45) is -3.01. The normalized spacial score (nSPS) is 16.3. The number of carbonyl (C=O) groups is 3. The Balaban J connectivity index is 1.67. The third kappa shape index (κ3) is 10.3. The van der Waals surface area contributed by atoms with E-state index in [1.807, 2.05) is 20.8 Å². The molecule has 1 aliphatic heterocycles. The maximum absolute atomic E-state index is 14.3. The van der Waals surface area contributed by atoms with Gasteiger partial charge in [-0.15, -0.1) is 0 Å². The molecule has 0 saturated carbocycles. The van der Waals surface area contributed by atoms with Gasteiger partial charge in [0.15, 0.2) is 11.5 Å². The van der Waals surface area contributed by atoms with Crippen molar-refractivity contribution in [2.24, 2.45) is 5.41 Å². The van der Waals surface area contributed by atoms with Crippen LogP contribution in [0.2, 0.25) is 5.02 Å². The van der Waals surface area contributed by atoms with E-state index in [9.17, 15) is 18.8 Å². The molecule has 3 amide bonds. The van der Waals surface area contributed by atoms with Crippen LogP contribution in [-0.4, -0.2) is 56.4 Å². The monoisotopic (exact) mass is 697 g/mol. The van der Waals surface area contributed by atoms with Crippen molar-refractivity contribution in [1.29, 1.82) is 0 Å². The second-order valence-electron chi connectivity index (χ2n) is 13.9. The Labute approximate surface area is 292 Å². The van der Waals surface area contributed by atoms with E-state index in [4.69, 9.17) is 30.5 Å². The number of nitrogens with one attached hydrogen (secondary N) is 2. The predicted molar refractivity (Wildman–Crippen MR) is 186 cm³/mol. The van der Waals surface area contributed by atoms with Gasteiger partial charge in [-0.25, -0.2) is 9.18 Å². The van der Waals surface area contributed by atoms with Crippen molar-refractivity contribution in [2.75, 3.05) is 31.7 Å². The zero-order chi connectivity index (χ0) is 35.9. The number of methoxy groups -OCH3 is 1. The van der Waals surface area contributed by atoms with Gasteiger partial charge in [-0.3, -0.25) is 9.59 Å². The van der Waals surface area contributed by atoms with Crippen LogP contribution >= 0.6 is 11.6 Å². The van der Waals surface area contributed by atoms with Gasteiger partial charge in [-0.2, -0.15) is 0 Å². The molecule has 2 N–H and O–H groups in total. The zero-order valence-electron chi connectivity index (χ0n) is 29.0. The summed E-state index contributed by atoms with van der Waals surface area (Å²) in [5, 5.41) is 5.81. The van der Waals surface area contributed by atoms with Crippen LogP contribution in [0.15, 0.2) is 60.7 Å². The van der Waals surface area contributed by atoms with Gasteiger partial charge in [0.05, 0.1) is 20.1 Å². The largest absolute Gasteiger partial charge is 0.492 e. The smallest absolute Gasteiger partial charge is 0.407 e. The summed E-state index contributed by atoms with van der Waals surface area (Å²) in [5.41, 5.74) is 1.08. The molecule has 0 spiro atoms. The number of nitrogens with zero attached hydrogens (tertiary/aromatic N) is 1. The van der Waals surface area contributed by atoms with Crippen molar-refractivity contribution in [3.05, 3.63) is 88.2 Å². The van der Waals surface area contributed by atoms with Gasteiger partial charge in [-0.05, 0) is 56.5 Å². The molecule has 3 aromatic carbocycles. The molecule has 0 radical (unpaired) electrons. The van der Waals surface area contributed by atoms with Crippen molar-refractivity contribution < 1.29 is 37.7 Å². The number of hydrogen-bond donors (Lipinski definition) is 2. The topological polar surface area (TPSA) is 115 Å². The standard InChI is InChI=1S/C37H45ClFN3O7/c1-36(2,3)22-42-28-16-15-24(38)19-26(28)32(48-30(34(42)44)20-31(43)41-21-23-11-8-9-13-27(23)39)25-12-10-14-29(33(25)46-7)47-18-17-40-35(45)49-37(4,5)6/h8-16,19,30,32H,17-18,20-22H2,1-7H3,(H,40,45)(H,41,43)/t30-,32-/m0/s1. The predicted octanol–water partition coefficient (Wildman–Crippen LogP) is 6.97. The minimum atomic E-state index is -1.22. The third-order valence-electron chi connectivity index (χ3n) is 7.37. The van der Waals surface area contributed by atoms with Gasteiger partial charge in [0.1, 0.15) is 30.2 Å². The highest BCUT2D eigenvalue weighted by atomic mass is 35.5. The second kappa shape index (κ2) is 15.9. The third-order valence-corrected chi connectivity index (χ3v) is 7.60. The van der Waals surface area contributed by atoms with Crippen molar-refractivity contribution in [2.45, 2.75) is 72.3 Å². The van der Waals surface area contributed by atoms with E-state index in [1.165, 1.54) is 13.2 Å². The Kier molecular flexibility index (Phi) is 12.2. The van der Waals surface area contributed by atoms with E-state index in [1.54, 1.807) is 80.3 Å². The lowest BCUT2D eigenvalue weighted by Gasteiger charge is -2.31. The molecule has 12 heteroatoms. The molecule has 1 heterocycles. The van der Waals surface area contributed by atoms with Crippen LogP contribution in [0.4, 0.5) is 14.9 Å². The van der Waals surface area contributed by atoms with Crippen molar-refractivity contribution in [3.8, 4) is 11.5 Å². The molecule has 0 aromatic heterocycles. The fraction of sp³-hybridized carbons (Fsp3) is 0.432. The van der Waals surface area contributed by atoms with Gasteiger partial charge in [0, 0.05) is 40.5 Å². The Morgan fingerprint density at radius 3 is 2.39 bits per heavy atom. The van der Waals surface area contributed by atoms with Crippen LogP contribution in [0.25, 0.3) is 0 Å². The first-order valence-corrected chi connectivity index (χ1v) is 16.5. The summed E-state index contributed by atoms with van der Waals surface area (Å²) in [4.78, 5) is 41.3. The summed E-state index contributed by atoms with van der Waals surface area (Å²) in [7, 11) is 1.49. The van der Waals surface area contributed by atoms with Crippen molar-refractivity contribution in [3.63, 3.8) is 0 Å². The maximum Gasteiger partial charge on any atom is 0.407 e. The number of carbonyl (C=O) groups excluding carboxylic acids is 3. The first-order chi connectivity index (χ1) is 23.1. The zero-order valence-corrected chi connectivity index (χ0v) is 29.8. The maximum atomic E-state index is 14.3. The molecular weight excluding hydrogens is 653 g/mol. The minimum Gasteiger partial charge on any atom is -0.492 e. The summed E-state index contributed by atoms with van der Waals surface area (Å²) >= 11 is 6.53. The number of para-hydroxylation sites is 1. The molecular formula is C37H45ClFN3O7. The summed E-state index contributed by atoms with van der Waals surface area (Å²) in [5.74, 6) is -0.610. The number of halogens is 2. The highest BCUT2D eigenvalue weighted by molar-refractivity contribution is 6.30. The molecule has 2 atom stereocenters. The molecule has 4 rings (SSSR count). The molecule has 0 unspecified atom stereocenters. The molecule has 0 saturated heterocycles. The lowest BCUT2D eigenvalue weighted by molar-refractivity contribution is -0.138. The average Bonchev–Trinajstić information content (AvgIpc) is 3.11. The van der Waals surface area contributed by atoms with Gasteiger partial charge in [0.25, 0.3) is 5.91 Å². The Bertz CT molecular complexity index is 1650. The number of amides is 3. The van der Waals surface area contributed by atoms with E-state index in [0.717, 1.165) is 0 Å². The Morgan fingerprint density at radius 1 is 0.980 bits per heavy atom. The van der Waals surface area contributed by atoms with E-state index < -0.39 is 41.5 Å². The second-order valence-corrected chi connectivity index (χ2v) is 14.4. The highest BCUT2D eigenvalue weighted by Crippen LogP contribution is 2.45. The van der Waals surface area contributed by atoms with Gasteiger partial charge >= 0.3 is 6.09 Å². The molecule has 0 fully saturated rings. The Hall–Kier alpha value is -4.35. The number of hydrogen-bond acceptors (Lipinski definition) is 7. The summed E-state index contributed by atoms with van der Waals surface area (Å²) in [6, 6.07) is 16.6. The molecule has 264 valence electrons. The number of ether oxygens (including phenoxy) is 4. The molecule has 1 aliphatic rings. The SMILES string of the molecule is COc1c(OCCNC(=O)OC(C)(C)C)cccc1[C@@H]1O[C@@H](CC(=O)NCc2ccccc2F)C(=O)N(CC(C)(C)C)c2ccc(Cl)cc21. The van der Waals surface area contributed by atoms with E-state index in [2.05, 4.69) is 10.6 Å². The van der Waals surface area contributed by atoms with Crippen LogP contribution in [-0.2, 0) is 25.6 Å². The fourth-order valence-electron chi connectivity index (χ4n) is 5.36. The first-order valence-electron chi connectivity index (χ1n) is 16.1. The molecule has 3 aromatic rings. The van der Waals surface area contributed by atoms with E-state index in [-0.39, 0.29) is 31.5 Å². The van der Waals surface area contributed by atoms with Gasteiger partial charge in [0.2, 0.25) is 5.91 Å². The molecule has 10 nitrogen and oxygen atoms in total. The van der Waals surface area contributed by atoms with Crippen LogP contribution in [0.1, 0.15) is 70.8 Å². The lowest BCUT2D eigenvalue weighted by atomic mass is 9.94. The van der Waals surface area contributed by atoms with E-state index >= 15 is 0 Å². The van der Waals surface area contributed by atoms with Crippen molar-refractivity contribution >= 4 is 35.2 Å². The quantitative estimate of drug-likeness (QED) is 0.208. The van der Waals surface area contributed by atoms with Crippen LogP contribution in [0.3, 0.4) is 0 Å². The fourth-order valence-corrected chi connectivity index (χ4v) is 5.54. The lowest BCUT2D eigenvalue weighted by Crippen LogP contribution is -2.45. The summed E-state index contributed by atoms with van der Waals surface area (Å²) in [6.45, 7) is 11.9.